The molecule has 182 valence electrons. The van der Waals surface area contributed by atoms with Crippen LogP contribution in [-0.2, 0) is 17.5 Å². The Bertz CT molecular complexity index is 1310. The minimum absolute atomic E-state index is 0.0796. The standard InChI is InChI=1S/C27H30N3O3PS/c31-34(32,33)19-7-17-28-20-23-14-12-22(13-15-23)16-18-29-27-30(25-10-5-2-6-11-25)26(21-35-27)24-8-3-1-4-9-24/h1-6,8-15,21,28H,7,16-20H2,(H2,31,32,33)/b29-27-. The molecule has 0 saturated carbocycles. The molecule has 0 unspecified atom stereocenters. The Labute approximate surface area is 209 Å². The van der Waals surface area contributed by atoms with E-state index in [9.17, 15) is 4.57 Å². The van der Waals surface area contributed by atoms with Crippen molar-refractivity contribution in [1.29, 1.82) is 0 Å². The first-order valence-electron chi connectivity index (χ1n) is 11.6. The van der Waals surface area contributed by atoms with Crippen molar-refractivity contribution in [3.05, 3.63) is 106 Å². The zero-order valence-corrected chi connectivity index (χ0v) is 21.2. The maximum absolute atomic E-state index is 10.9. The third-order valence-corrected chi connectivity index (χ3v) is 7.36. The van der Waals surface area contributed by atoms with Crippen LogP contribution >= 0.6 is 18.9 Å². The molecule has 6 nitrogen and oxygen atoms in total. The van der Waals surface area contributed by atoms with Crippen molar-refractivity contribution in [2.24, 2.45) is 4.99 Å². The number of aromatic nitrogens is 1. The quantitative estimate of drug-likeness (QED) is 0.197. The molecule has 0 spiro atoms. The summed E-state index contributed by atoms with van der Waals surface area (Å²) in [7, 11) is -3.90. The molecular weight excluding hydrogens is 477 g/mol. The lowest BCUT2D eigenvalue weighted by Crippen LogP contribution is -2.16. The van der Waals surface area contributed by atoms with E-state index >= 15 is 0 Å². The summed E-state index contributed by atoms with van der Waals surface area (Å²) < 4.78 is 13.1. The first-order chi connectivity index (χ1) is 17.0. The second-order valence-corrected chi connectivity index (χ2v) is 10.9. The van der Waals surface area contributed by atoms with E-state index in [4.69, 9.17) is 14.8 Å². The van der Waals surface area contributed by atoms with Crippen molar-refractivity contribution < 1.29 is 14.4 Å². The second kappa shape index (κ2) is 12.2. The molecule has 0 bridgehead atoms. The molecular formula is C27H30N3O3PS. The molecule has 3 N–H and O–H groups in total. The Morgan fingerprint density at radius 3 is 2.23 bits per heavy atom. The largest absolute Gasteiger partial charge is 0.325 e. The number of rotatable bonds is 11. The molecule has 0 radical (unpaired) electrons. The third kappa shape index (κ3) is 7.59. The second-order valence-electron chi connectivity index (χ2n) is 8.31. The fourth-order valence-electron chi connectivity index (χ4n) is 3.80. The van der Waals surface area contributed by atoms with E-state index in [0.29, 0.717) is 26.1 Å². The SMILES string of the molecule is O=P(O)(O)CCCNCc1ccc(CC/N=c2\scc(-c3ccccc3)n2-c2ccccc2)cc1. The van der Waals surface area contributed by atoms with Crippen LogP contribution in [-0.4, -0.2) is 33.6 Å². The van der Waals surface area contributed by atoms with E-state index in [2.05, 4.69) is 75.9 Å². The number of hydrogen-bond donors (Lipinski definition) is 3. The van der Waals surface area contributed by atoms with Gasteiger partial charge in [-0.2, -0.15) is 0 Å². The van der Waals surface area contributed by atoms with Gasteiger partial charge in [-0.1, -0.05) is 72.8 Å². The van der Waals surface area contributed by atoms with Gasteiger partial charge in [-0.3, -0.25) is 14.1 Å². The zero-order chi connectivity index (χ0) is 24.5. The fraction of sp³-hybridized carbons (Fsp3) is 0.222. The first kappa shape index (κ1) is 25.3. The van der Waals surface area contributed by atoms with Crippen molar-refractivity contribution in [1.82, 2.24) is 9.88 Å². The molecule has 0 atom stereocenters. The average molecular weight is 508 g/mol. The van der Waals surface area contributed by atoms with E-state index in [0.717, 1.165) is 28.2 Å². The number of thiazole rings is 1. The number of para-hydroxylation sites is 1. The van der Waals surface area contributed by atoms with Gasteiger partial charge in [0.15, 0.2) is 4.80 Å². The first-order valence-corrected chi connectivity index (χ1v) is 14.3. The van der Waals surface area contributed by atoms with E-state index in [-0.39, 0.29) is 6.16 Å². The van der Waals surface area contributed by atoms with Crippen LogP contribution in [0.3, 0.4) is 0 Å². The molecule has 0 saturated heterocycles. The van der Waals surface area contributed by atoms with Crippen LogP contribution in [0.4, 0.5) is 0 Å². The van der Waals surface area contributed by atoms with Gasteiger partial charge in [0, 0.05) is 24.2 Å². The smallest absolute Gasteiger partial charge is 0.324 e. The predicted octanol–water partition coefficient (Wildman–Crippen LogP) is 5.01. The predicted molar refractivity (Wildman–Crippen MR) is 143 cm³/mol. The lowest BCUT2D eigenvalue weighted by atomic mass is 10.1. The minimum atomic E-state index is -3.90. The summed E-state index contributed by atoms with van der Waals surface area (Å²) in [4.78, 5) is 23.7. The summed E-state index contributed by atoms with van der Waals surface area (Å²) in [6.07, 6.45) is 1.23. The van der Waals surface area contributed by atoms with Gasteiger partial charge in [0.1, 0.15) is 0 Å². The monoisotopic (exact) mass is 507 g/mol. The van der Waals surface area contributed by atoms with Gasteiger partial charge in [-0.25, -0.2) is 0 Å². The van der Waals surface area contributed by atoms with E-state index in [1.54, 1.807) is 11.3 Å². The summed E-state index contributed by atoms with van der Waals surface area (Å²) in [5.41, 5.74) is 5.78. The molecule has 8 heteroatoms. The maximum atomic E-state index is 10.9. The van der Waals surface area contributed by atoms with Crippen molar-refractivity contribution in [2.75, 3.05) is 19.3 Å². The molecule has 0 amide bonds. The fourth-order valence-corrected chi connectivity index (χ4v) is 5.31. The minimum Gasteiger partial charge on any atom is -0.324 e. The highest BCUT2D eigenvalue weighted by molar-refractivity contribution is 7.51. The van der Waals surface area contributed by atoms with Crippen LogP contribution in [0.5, 0.6) is 0 Å². The molecule has 4 rings (SSSR count). The highest BCUT2D eigenvalue weighted by Crippen LogP contribution is 2.34. The Hall–Kier alpha value is -2.80. The van der Waals surface area contributed by atoms with Crippen LogP contribution in [0, 0.1) is 0 Å². The molecule has 0 aliphatic heterocycles. The van der Waals surface area contributed by atoms with Gasteiger partial charge >= 0.3 is 7.60 Å². The molecule has 35 heavy (non-hydrogen) atoms. The van der Waals surface area contributed by atoms with Crippen molar-refractivity contribution in [2.45, 2.75) is 19.4 Å². The molecule has 1 aromatic heterocycles. The Balaban J connectivity index is 1.40. The van der Waals surface area contributed by atoms with Crippen LogP contribution in [0.15, 0.2) is 95.3 Å². The highest BCUT2D eigenvalue weighted by Gasteiger charge is 2.11. The van der Waals surface area contributed by atoms with E-state index in [1.165, 1.54) is 11.1 Å². The number of nitrogens with zero attached hydrogens (tertiary/aromatic N) is 2. The van der Waals surface area contributed by atoms with Crippen molar-refractivity contribution in [3.63, 3.8) is 0 Å². The molecule has 0 fully saturated rings. The molecule has 4 aromatic rings. The normalized spacial score (nSPS) is 12.2. The molecule has 1 heterocycles. The average Bonchev–Trinajstić information content (AvgIpc) is 3.29. The summed E-state index contributed by atoms with van der Waals surface area (Å²) in [6, 6.07) is 29.2. The summed E-state index contributed by atoms with van der Waals surface area (Å²) in [5, 5.41) is 5.40. The zero-order valence-electron chi connectivity index (χ0n) is 19.5. The number of benzene rings is 3. The molecule has 3 aromatic carbocycles. The van der Waals surface area contributed by atoms with Gasteiger partial charge in [-0.05, 0) is 48.2 Å². The Kier molecular flexibility index (Phi) is 8.85. The van der Waals surface area contributed by atoms with Crippen LogP contribution in [0.25, 0.3) is 16.9 Å². The van der Waals surface area contributed by atoms with Gasteiger partial charge < -0.3 is 15.1 Å². The molecule has 0 aliphatic carbocycles. The highest BCUT2D eigenvalue weighted by atomic mass is 32.1. The summed E-state index contributed by atoms with van der Waals surface area (Å²) in [6.45, 7) is 1.96. The summed E-state index contributed by atoms with van der Waals surface area (Å²) in [5.74, 6) is 0. The number of hydrogen-bond acceptors (Lipinski definition) is 4. The third-order valence-electron chi connectivity index (χ3n) is 5.59. The van der Waals surface area contributed by atoms with Crippen LogP contribution < -0.4 is 10.1 Å². The van der Waals surface area contributed by atoms with Crippen molar-refractivity contribution >= 4 is 18.9 Å². The lowest BCUT2D eigenvalue weighted by Gasteiger charge is -2.09. The summed E-state index contributed by atoms with van der Waals surface area (Å²) >= 11 is 1.66. The number of nitrogens with one attached hydrogen (secondary N) is 1. The van der Waals surface area contributed by atoms with Gasteiger partial charge in [-0.15, -0.1) is 11.3 Å². The molecule has 0 aliphatic rings. The van der Waals surface area contributed by atoms with Crippen LogP contribution in [0.2, 0.25) is 0 Å². The van der Waals surface area contributed by atoms with E-state index < -0.39 is 7.60 Å². The van der Waals surface area contributed by atoms with E-state index in [1.807, 2.05) is 24.3 Å². The topological polar surface area (TPSA) is 86.8 Å². The Morgan fingerprint density at radius 2 is 1.54 bits per heavy atom. The van der Waals surface area contributed by atoms with Crippen molar-refractivity contribution in [3.8, 4) is 16.9 Å². The maximum Gasteiger partial charge on any atom is 0.325 e. The van der Waals surface area contributed by atoms with Gasteiger partial charge in [0.05, 0.1) is 11.9 Å². The van der Waals surface area contributed by atoms with Gasteiger partial charge in [0.25, 0.3) is 0 Å². The lowest BCUT2D eigenvalue weighted by molar-refractivity contribution is 0.371. The van der Waals surface area contributed by atoms with Crippen LogP contribution in [0.1, 0.15) is 17.5 Å². The Morgan fingerprint density at radius 1 is 0.886 bits per heavy atom. The van der Waals surface area contributed by atoms with Gasteiger partial charge in [0.2, 0.25) is 0 Å².